The van der Waals surface area contributed by atoms with Crippen LogP contribution in [0.25, 0.3) is 6.08 Å². The molecule has 2 rings (SSSR count). The number of allylic oxidation sites excluding steroid dienone is 3. The second kappa shape index (κ2) is 10.9. The van der Waals surface area contributed by atoms with Gasteiger partial charge in [-0.1, -0.05) is 75.4 Å². The van der Waals surface area contributed by atoms with Gasteiger partial charge in [-0.05, 0) is 56.4 Å². The zero-order chi connectivity index (χ0) is 22.2. The van der Waals surface area contributed by atoms with Crippen molar-refractivity contribution in [1.29, 1.82) is 0 Å². The van der Waals surface area contributed by atoms with Crippen LogP contribution < -0.4 is 0 Å². The molecule has 1 aliphatic heterocycles. The number of carbonyl (C=O) groups is 1. The Bertz CT molecular complexity index is 726. The van der Waals surface area contributed by atoms with E-state index in [2.05, 4.69) is 69.3 Å². The fourth-order valence-corrected chi connectivity index (χ4v) is 4.55. The molecule has 1 heterocycles. The van der Waals surface area contributed by atoms with Crippen molar-refractivity contribution in [2.45, 2.75) is 77.9 Å². The standard InChI is InChI=1S/C26H38O4/c1-20(14-15-23-12-7-6-8-13-23)10-9-11-21(2)16-22(3)17-25(4)19-26(5,30-29-25)18-24(27)28/h6-9,11-15,20-22H,10,16-19H2,1-5H3,(H,27,28). The van der Waals surface area contributed by atoms with E-state index in [4.69, 9.17) is 14.9 Å². The van der Waals surface area contributed by atoms with Gasteiger partial charge in [-0.15, -0.1) is 0 Å². The normalized spacial score (nSPS) is 27.5. The van der Waals surface area contributed by atoms with Crippen molar-refractivity contribution in [3.63, 3.8) is 0 Å². The maximum Gasteiger partial charge on any atom is 0.306 e. The Hall–Kier alpha value is -1.91. The van der Waals surface area contributed by atoms with E-state index in [1.807, 2.05) is 19.9 Å². The molecule has 5 atom stereocenters. The van der Waals surface area contributed by atoms with Gasteiger partial charge in [0.05, 0.1) is 6.42 Å². The fourth-order valence-electron chi connectivity index (χ4n) is 4.55. The molecule has 0 aromatic heterocycles. The summed E-state index contributed by atoms with van der Waals surface area (Å²) < 4.78 is 0. The topological polar surface area (TPSA) is 55.8 Å². The first kappa shape index (κ1) is 24.4. The van der Waals surface area contributed by atoms with Crippen molar-refractivity contribution in [3.8, 4) is 0 Å². The summed E-state index contributed by atoms with van der Waals surface area (Å²) in [5.74, 6) is 0.591. The zero-order valence-electron chi connectivity index (χ0n) is 19.1. The van der Waals surface area contributed by atoms with Crippen molar-refractivity contribution in [1.82, 2.24) is 0 Å². The molecule has 1 fully saturated rings. The van der Waals surface area contributed by atoms with Crippen LogP contribution in [0.4, 0.5) is 0 Å². The summed E-state index contributed by atoms with van der Waals surface area (Å²) in [6, 6.07) is 10.4. The van der Waals surface area contributed by atoms with Crippen molar-refractivity contribution in [2.24, 2.45) is 17.8 Å². The summed E-state index contributed by atoms with van der Waals surface area (Å²) in [5, 5.41) is 9.08. The molecule has 0 amide bonds. The van der Waals surface area contributed by atoms with Gasteiger partial charge in [-0.3, -0.25) is 4.79 Å². The van der Waals surface area contributed by atoms with E-state index >= 15 is 0 Å². The largest absolute Gasteiger partial charge is 0.481 e. The van der Waals surface area contributed by atoms with E-state index < -0.39 is 17.2 Å². The molecule has 4 nitrogen and oxygen atoms in total. The molecule has 0 spiro atoms. The number of carboxylic acids is 1. The van der Waals surface area contributed by atoms with Gasteiger partial charge < -0.3 is 5.11 Å². The lowest BCUT2D eigenvalue weighted by molar-refractivity contribution is -0.346. The van der Waals surface area contributed by atoms with Crippen LogP contribution in [-0.4, -0.2) is 22.3 Å². The van der Waals surface area contributed by atoms with Crippen LogP contribution in [0.2, 0.25) is 0 Å². The Balaban J connectivity index is 1.74. The average Bonchev–Trinajstić information content (AvgIpc) is 2.94. The van der Waals surface area contributed by atoms with Crippen LogP contribution in [0.3, 0.4) is 0 Å². The minimum atomic E-state index is -0.856. The highest BCUT2D eigenvalue weighted by Gasteiger charge is 2.47. The van der Waals surface area contributed by atoms with Crippen LogP contribution in [0, 0.1) is 17.8 Å². The second-order valence-corrected chi connectivity index (χ2v) is 9.75. The third-order valence-electron chi connectivity index (χ3n) is 5.66. The van der Waals surface area contributed by atoms with E-state index in [1.165, 1.54) is 5.56 Å². The highest BCUT2D eigenvalue weighted by atomic mass is 17.2. The maximum atomic E-state index is 11.1. The Morgan fingerprint density at radius 3 is 2.40 bits per heavy atom. The van der Waals surface area contributed by atoms with E-state index in [-0.39, 0.29) is 6.42 Å². The minimum Gasteiger partial charge on any atom is -0.481 e. The smallest absolute Gasteiger partial charge is 0.306 e. The Morgan fingerprint density at radius 2 is 1.73 bits per heavy atom. The van der Waals surface area contributed by atoms with E-state index in [1.54, 1.807) is 0 Å². The Labute approximate surface area is 181 Å². The quantitative estimate of drug-likeness (QED) is 0.324. The number of rotatable bonds is 11. The number of aliphatic carboxylic acids is 1. The third-order valence-corrected chi connectivity index (χ3v) is 5.66. The van der Waals surface area contributed by atoms with Crippen LogP contribution in [0.1, 0.15) is 72.3 Å². The van der Waals surface area contributed by atoms with E-state index in [0.717, 1.165) is 19.3 Å². The molecule has 30 heavy (non-hydrogen) atoms. The molecule has 4 heteroatoms. The first-order chi connectivity index (χ1) is 14.1. The summed E-state index contributed by atoms with van der Waals surface area (Å²) in [6.07, 6.45) is 12.6. The van der Waals surface area contributed by atoms with Crippen LogP contribution in [-0.2, 0) is 14.6 Å². The second-order valence-electron chi connectivity index (χ2n) is 9.75. The monoisotopic (exact) mass is 414 g/mol. The molecule has 0 saturated carbocycles. The highest BCUT2D eigenvalue weighted by molar-refractivity contribution is 5.68. The Kier molecular flexibility index (Phi) is 8.87. The Morgan fingerprint density at radius 1 is 1.07 bits per heavy atom. The number of carboxylic acid groups (broad SMARTS) is 1. The molecule has 0 bridgehead atoms. The van der Waals surface area contributed by atoms with Gasteiger partial charge in [-0.2, -0.15) is 0 Å². The number of hydrogen-bond acceptors (Lipinski definition) is 3. The average molecular weight is 415 g/mol. The SMILES string of the molecule is CC(C=Cc1ccccc1)CC=CC(C)CC(C)CC1(C)CC(C)(CC(=O)O)OO1. The van der Waals surface area contributed by atoms with Crippen molar-refractivity contribution in [2.75, 3.05) is 0 Å². The lowest BCUT2D eigenvalue weighted by atomic mass is 9.80. The van der Waals surface area contributed by atoms with Crippen LogP contribution >= 0.6 is 0 Å². The zero-order valence-corrected chi connectivity index (χ0v) is 19.1. The number of benzene rings is 1. The third kappa shape index (κ3) is 8.45. The molecule has 1 saturated heterocycles. The fraction of sp³-hybridized carbons (Fsp3) is 0.577. The van der Waals surface area contributed by atoms with Crippen molar-refractivity contribution in [3.05, 3.63) is 54.1 Å². The molecule has 1 aromatic carbocycles. The van der Waals surface area contributed by atoms with Crippen LogP contribution in [0.5, 0.6) is 0 Å². The van der Waals surface area contributed by atoms with Crippen molar-refractivity contribution >= 4 is 12.0 Å². The summed E-state index contributed by atoms with van der Waals surface area (Å²) in [7, 11) is 0. The van der Waals surface area contributed by atoms with Gasteiger partial charge >= 0.3 is 5.97 Å². The molecule has 5 unspecified atom stereocenters. The molecule has 1 N–H and O–H groups in total. The van der Waals surface area contributed by atoms with Gasteiger partial charge in [-0.25, -0.2) is 9.78 Å². The molecule has 0 radical (unpaired) electrons. The van der Waals surface area contributed by atoms with Crippen LogP contribution in [0.15, 0.2) is 48.6 Å². The summed E-state index contributed by atoms with van der Waals surface area (Å²) in [4.78, 5) is 22.1. The lowest BCUT2D eigenvalue weighted by Crippen LogP contribution is -2.32. The van der Waals surface area contributed by atoms with Crippen molar-refractivity contribution < 1.29 is 19.7 Å². The van der Waals surface area contributed by atoms with Gasteiger partial charge in [0, 0.05) is 6.42 Å². The molecular formula is C26H38O4. The molecule has 1 aromatic rings. The molecule has 0 aliphatic carbocycles. The highest BCUT2D eigenvalue weighted by Crippen LogP contribution is 2.42. The van der Waals surface area contributed by atoms with Gasteiger partial charge in [0.15, 0.2) is 0 Å². The van der Waals surface area contributed by atoms with Gasteiger partial charge in [0.25, 0.3) is 0 Å². The van der Waals surface area contributed by atoms with E-state index in [9.17, 15) is 4.79 Å². The van der Waals surface area contributed by atoms with Gasteiger partial charge in [0.1, 0.15) is 11.2 Å². The maximum absolute atomic E-state index is 11.1. The molecular weight excluding hydrogens is 376 g/mol. The summed E-state index contributed by atoms with van der Waals surface area (Å²) in [5.41, 5.74) is 0.0699. The lowest BCUT2D eigenvalue weighted by Gasteiger charge is -2.26. The van der Waals surface area contributed by atoms with E-state index in [0.29, 0.717) is 24.2 Å². The first-order valence-corrected chi connectivity index (χ1v) is 11.1. The predicted octanol–water partition coefficient (Wildman–Crippen LogP) is 6.68. The number of hydrogen-bond donors (Lipinski definition) is 1. The molecule has 1 aliphatic rings. The predicted molar refractivity (Wildman–Crippen MR) is 122 cm³/mol. The summed E-state index contributed by atoms with van der Waals surface area (Å²) >= 11 is 0. The van der Waals surface area contributed by atoms with Gasteiger partial charge in [0.2, 0.25) is 0 Å². The molecule has 166 valence electrons. The summed E-state index contributed by atoms with van der Waals surface area (Å²) in [6.45, 7) is 10.6. The first-order valence-electron chi connectivity index (χ1n) is 11.1. The minimum absolute atomic E-state index is 0.0347.